The molecule has 2 nitrogen and oxygen atoms in total. The van der Waals surface area contributed by atoms with E-state index in [1.807, 2.05) is 12.1 Å². The molecular weight excluding hydrogens is 286 g/mol. The monoisotopic (exact) mass is 299 g/mol. The van der Waals surface area contributed by atoms with Gasteiger partial charge >= 0.3 is 0 Å². The van der Waals surface area contributed by atoms with Gasteiger partial charge in [-0.25, -0.2) is 0 Å². The van der Waals surface area contributed by atoms with Gasteiger partial charge in [-0.05, 0) is 46.4 Å². The molecule has 86 valence electrons. The van der Waals surface area contributed by atoms with E-state index in [0.29, 0.717) is 0 Å². The maximum Gasteiger partial charge on any atom is 0.125 e. The Hall–Kier alpha value is -0.580. The molecule has 0 aromatic carbocycles. The predicted molar refractivity (Wildman–Crippen MR) is 70.9 cm³/mol. The van der Waals surface area contributed by atoms with Crippen LogP contribution in [0.5, 0.6) is 0 Å². The summed E-state index contributed by atoms with van der Waals surface area (Å²) in [5.74, 6) is 0.965. The number of nitrogens with one attached hydrogen (secondary N) is 1. The van der Waals surface area contributed by atoms with Crippen LogP contribution in [0.15, 0.2) is 38.0 Å². The Morgan fingerprint density at radius 3 is 2.94 bits per heavy atom. The molecule has 0 fully saturated rings. The van der Waals surface area contributed by atoms with Crippen molar-refractivity contribution in [1.29, 1.82) is 0 Å². The van der Waals surface area contributed by atoms with Gasteiger partial charge in [0.2, 0.25) is 0 Å². The van der Waals surface area contributed by atoms with Crippen LogP contribution in [0, 0.1) is 0 Å². The summed E-state index contributed by atoms with van der Waals surface area (Å²) in [4.78, 5) is 0. The van der Waals surface area contributed by atoms with E-state index in [9.17, 15) is 0 Å². The Kier molecular flexibility index (Phi) is 4.21. The zero-order valence-electron chi connectivity index (χ0n) is 9.07. The summed E-state index contributed by atoms with van der Waals surface area (Å²) in [6.07, 6.45) is 2.83. The topological polar surface area (TPSA) is 25.2 Å². The van der Waals surface area contributed by atoms with Gasteiger partial charge in [-0.3, -0.25) is 0 Å². The zero-order valence-corrected chi connectivity index (χ0v) is 11.5. The third kappa shape index (κ3) is 2.56. The molecule has 0 radical (unpaired) electrons. The second-order valence-electron chi connectivity index (χ2n) is 3.58. The van der Waals surface area contributed by atoms with Gasteiger partial charge in [0.05, 0.1) is 12.3 Å². The van der Waals surface area contributed by atoms with Crippen LogP contribution in [-0.2, 0) is 0 Å². The summed E-state index contributed by atoms with van der Waals surface area (Å²) in [6.45, 7) is 3.14. The van der Waals surface area contributed by atoms with E-state index < -0.39 is 0 Å². The molecule has 1 atom stereocenters. The predicted octanol–water partition coefficient (Wildman–Crippen LogP) is 4.19. The van der Waals surface area contributed by atoms with Crippen molar-refractivity contribution in [2.75, 3.05) is 6.54 Å². The first-order valence-corrected chi connectivity index (χ1v) is 7.05. The molecule has 0 saturated heterocycles. The fourth-order valence-corrected chi connectivity index (χ4v) is 3.16. The summed E-state index contributed by atoms with van der Waals surface area (Å²) in [5, 5.41) is 7.75. The van der Waals surface area contributed by atoms with Gasteiger partial charge in [0.1, 0.15) is 5.76 Å². The lowest BCUT2D eigenvalue weighted by Gasteiger charge is -2.15. The number of hydrogen-bond acceptors (Lipinski definition) is 3. The summed E-state index contributed by atoms with van der Waals surface area (Å²) in [5.41, 5.74) is 1.24. The summed E-state index contributed by atoms with van der Waals surface area (Å²) >= 11 is 5.27. The third-order valence-electron chi connectivity index (χ3n) is 2.38. The molecule has 2 aromatic rings. The molecule has 0 amide bonds. The molecule has 0 aliphatic carbocycles. The van der Waals surface area contributed by atoms with E-state index in [0.717, 1.165) is 23.2 Å². The SMILES string of the molecule is CCCNC(c1ccco1)c1cscc1Br. The summed E-state index contributed by atoms with van der Waals surface area (Å²) in [6, 6.07) is 4.09. The minimum atomic E-state index is 0.149. The first-order valence-electron chi connectivity index (χ1n) is 5.31. The van der Waals surface area contributed by atoms with Crippen LogP contribution in [-0.4, -0.2) is 6.54 Å². The van der Waals surface area contributed by atoms with Crippen molar-refractivity contribution in [3.8, 4) is 0 Å². The smallest absolute Gasteiger partial charge is 0.125 e. The second-order valence-corrected chi connectivity index (χ2v) is 5.18. The molecule has 2 aromatic heterocycles. The van der Waals surface area contributed by atoms with Gasteiger partial charge in [-0.15, -0.1) is 0 Å². The summed E-state index contributed by atoms with van der Waals surface area (Å²) < 4.78 is 6.63. The Balaban J connectivity index is 2.25. The van der Waals surface area contributed by atoms with Gasteiger partial charge in [0.25, 0.3) is 0 Å². The Morgan fingerprint density at radius 2 is 2.38 bits per heavy atom. The highest BCUT2D eigenvalue weighted by molar-refractivity contribution is 9.10. The maximum absolute atomic E-state index is 5.49. The largest absolute Gasteiger partial charge is 0.467 e. The normalized spacial score (nSPS) is 12.9. The van der Waals surface area contributed by atoms with E-state index in [1.54, 1.807) is 17.6 Å². The third-order valence-corrected chi connectivity index (χ3v) is 4.13. The Bertz CT molecular complexity index is 424. The van der Waals surface area contributed by atoms with Gasteiger partial charge in [-0.2, -0.15) is 11.3 Å². The lowest BCUT2D eigenvalue weighted by molar-refractivity contribution is 0.446. The standard InChI is InChI=1S/C12H14BrNOS/c1-2-5-14-12(11-4-3-6-15-11)9-7-16-8-10(9)13/h3-4,6-8,12,14H,2,5H2,1H3. The molecule has 4 heteroatoms. The Morgan fingerprint density at radius 1 is 1.50 bits per heavy atom. The number of hydrogen-bond donors (Lipinski definition) is 1. The minimum Gasteiger partial charge on any atom is -0.467 e. The van der Waals surface area contributed by atoms with Crippen molar-refractivity contribution in [3.63, 3.8) is 0 Å². The Labute approximate surface area is 108 Å². The molecule has 0 aliphatic rings. The van der Waals surface area contributed by atoms with Crippen LogP contribution in [0.25, 0.3) is 0 Å². The van der Waals surface area contributed by atoms with E-state index in [2.05, 4.69) is 38.9 Å². The van der Waals surface area contributed by atoms with Gasteiger partial charge < -0.3 is 9.73 Å². The molecule has 2 rings (SSSR count). The average Bonchev–Trinajstić information content (AvgIpc) is 2.91. The molecule has 0 bridgehead atoms. The van der Waals surface area contributed by atoms with Gasteiger partial charge in [-0.1, -0.05) is 6.92 Å². The van der Waals surface area contributed by atoms with E-state index in [1.165, 1.54) is 5.56 Å². The number of rotatable bonds is 5. The fraction of sp³-hybridized carbons (Fsp3) is 0.333. The fourth-order valence-electron chi connectivity index (χ4n) is 1.61. The first-order chi connectivity index (χ1) is 7.83. The lowest BCUT2D eigenvalue weighted by atomic mass is 10.1. The molecule has 1 N–H and O–H groups in total. The number of halogens is 1. The van der Waals surface area contributed by atoms with Crippen LogP contribution in [0.4, 0.5) is 0 Å². The van der Waals surface area contributed by atoms with Crippen molar-refractivity contribution >= 4 is 27.3 Å². The van der Waals surface area contributed by atoms with Crippen molar-refractivity contribution in [2.45, 2.75) is 19.4 Å². The van der Waals surface area contributed by atoms with Crippen LogP contribution < -0.4 is 5.32 Å². The van der Waals surface area contributed by atoms with Crippen LogP contribution in [0.3, 0.4) is 0 Å². The lowest BCUT2D eigenvalue weighted by Crippen LogP contribution is -2.22. The molecule has 2 heterocycles. The van der Waals surface area contributed by atoms with Crippen molar-refractivity contribution in [3.05, 3.63) is 45.0 Å². The quantitative estimate of drug-likeness (QED) is 0.895. The number of furan rings is 1. The van der Waals surface area contributed by atoms with Crippen LogP contribution in [0.2, 0.25) is 0 Å². The molecule has 0 saturated carbocycles. The molecule has 1 unspecified atom stereocenters. The molecule has 0 spiro atoms. The van der Waals surface area contributed by atoms with Crippen molar-refractivity contribution < 1.29 is 4.42 Å². The molecule has 0 aliphatic heterocycles. The van der Waals surface area contributed by atoms with Gasteiger partial charge in [0.15, 0.2) is 0 Å². The second kappa shape index (κ2) is 5.66. The average molecular weight is 300 g/mol. The van der Waals surface area contributed by atoms with Gasteiger partial charge in [0, 0.05) is 15.4 Å². The van der Waals surface area contributed by atoms with Crippen LogP contribution in [0.1, 0.15) is 30.7 Å². The van der Waals surface area contributed by atoms with E-state index >= 15 is 0 Å². The van der Waals surface area contributed by atoms with Crippen molar-refractivity contribution in [2.24, 2.45) is 0 Å². The maximum atomic E-state index is 5.49. The minimum absolute atomic E-state index is 0.149. The first kappa shape index (κ1) is 11.9. The van der Waals surface area contributed by atoms with Crippen LogP contribution >= 0.6 is 27.3 Å². The molecule has 16 heavy (non-hydrogen) atoms. The van der Waals surface area contributed by atoms with E-state index in [4.69, 9.17) is 4.42 Å². The number of thiophene rings is 1. The van der Waals surface area contributed by atoms with Crippen molar-refractivity contribution in [1.82, 2.24) is 5.32 Å². The van der Waals surface area contributed by atoms with E-state index in [-0.39, 0.29) is 6.04 Å². The highest BCUT2D eigenvalue weighted by Crippen LogP contribution is 2.31. The zero-order chi connectivity index (χ0) is 11.4. The highest BCUT2D eigenvalue weighted by Gasteiger charge is 2.18. The molecular formula is C12H14BrNOS. The highest BCUT2D eigenvalue weighted by atomic mass is 79.9. The summed E-state index contributed by atoms with van der Waals surface area (Å²) in [7, 11) is 0.